The summed E-state index contributed by atoms with van der Waals surface area (Å²) in [6.07, 6.45) is -3.46. The Hall–Kier alpha value is -3.64. The summed E-state index contributed by atoms with van der Waals surface area (Å²) >= 11 is 5.78. The largest absolute Gasteiger partial charge is 0.417 e. The molecule has 3 rings (SSSR count). The fraction of sp³-hybridized carbons (Fsp3) is 0.333. The molecule has 0 heterocycles. The number of carbonyl (C=O) groups excluding carboxylic acids is 2. The number of halogens is 5. The van der Waals surface area contributed by atoms with Crippen molar-refractivity contribution in [3.8, 4) is 0 Å². The van der Waals surface area contributed by atoms with Crippen molar-refractivity contribution < 1.29 is 35.6 Å². The Balaban J connectivity index is 2.11. The Kier molecular flexibility index (Phi) is 11.2. The van der Waals surface area contributed by atoms with Gasteiger partial charge in [-0.2, -0.15) is 13.2 Å². The van der Waals surface area contributed by atoms with Gasteiger partial charge in [0.15, 0.2) is 0 Å². The van der Waals surface area contributed by atoms with E-state index in [0.29, 0.717) is 23.3 Å². The highest BCUT2D eigenvalue weighted by Crippen LogP contribution is 2.38. The third-order valence-electron chi connectivity index (χ3n) is 6.73. The number of benzene rings is 3. The molecule has 0 saturated heterocycles. The first kappa shape index (κ1) is 33.9. The summed E-state index contributed by atoms with van der Waals surface area (Å²) in [4.78, 5) is 27.6. The summed E-state index contributed by atoms with van der Waals surface area (Å²) in [7, 11) is -4.62. The Bertz CT molecular complexity index is 1550. The molecule has 0 fully saturated rings. The van der Waals surface area contributed by atoms with E-state index >= 15 is 0 Å². The minimum Gasteiger partial charge on any atom is -0.354 e. The second-order valence-electron chi connectivity index (χ2n) is 9.92. The molecular formula is C30H32ClF4N3O4S. The van der Waals surface area contributed by atoms with Crippen LogP contribution in [0.3, 0.4) is 0 Å². The van der Waals surface area contributed by atoms with E-state index in [9.17, 15) is 35.6 Å². The molecule has 1 atom stereocenters. The first-order chi connectivity index (χ1) is 20.2. The zero-order valence-electron chi connectivity index (χ0n) is 23.8. The Morgan fingerprint density at radius 1 is 1.02 bits per heavy atom. The normalized spacial score (nSPS) is 12.5. The second kappa shape index (κ2) is 14.2. The Morgan fingerprint density at radius 2 is 1.67 bits per heavy atom. The van der Waals surface area contributed by atoms with Gasteiger partial charge in [-0.15, -0.1) is 0 Å². The Morgan fingerprint density at radius 3 is 2.28 bits per heavy atom. The van der Waals surface area contributed by atoms with Gasteiger partial charge in [-0.1, -0.05) is 60.8 Å². The molecule has 232 valence electrons. The summed E-state index contributed by atoms with van der Waals surface area (Å²) in [5.74, 6) is -2.16. The SMILES string of the molecule is CCCCNC(=O)[C@@H](C)N(Cc1ccccc1F)C(=O)CN(c1ccc(Cl)c(C(F)(F)F)c1)S(=O)(=O)c1ccc(C)cc1. The molecular weight excluding hydrogens is 610 g/mol. The van der Waals surface area contributed by atoms with Crippen LogP contribution in [0.5, 0.6) is 0 Å². The fourth-order valence-corrected chi connectivity index (χ4v) is 5.81. The van der Waals surface area contributed by atoms with Gasteiger partial charge in [-0.05, 0) is 56.7 Å². The number of amides is 2. The number of nitrogens with zero attached hydrogens (tertiary/aromatic N) is 2. The lowest BCUT2D eigenvalue weighted by molar-refractivity contribution is -0.139. The number of carbonyl (C=O) groups is 2. The summed E-state index contributed by atoms with van der Waals surface area (Å²) < 4.78 is 84.1. The first-order valence-electron chi connectivity index (χ1n) is 13.4. The van der Waals surface area contributed by atoms with Crippen molar-refractivity contribution in [3.63, 3.8) is 0 Å². The summed E-state index contributed by atoms with van der Waals surface area (Å²) in [5.41, 5.74) is -0.985. The fourth-order valence-electron chi connectivity index (χ4n) is 4.18. The molecule has 3 aromatic rings. The summed E-state index contributed by atoms with van der Waals surface area (Å²) in [6, 6.07) is 12.4. The predicted molar refractivity (Wildman–Crippen MR) is 156 cm³/mol. The highest BCUT2D eigenvalue weighted by Gasteiger charge is 2.37. The lowest BCUT2D eigenvalue weighted by Gasteiger charge is -2.32. The molecule has 0 radical (unpaired) electrons. The lowest BCUT2D eigenvalue weighted by Crippen LogP contribution is -2.51. The van der Waals surface area contributed by atoms with Crippen molar-refractivity contribution in [3.05, 3.63) is 94.3 Å². The van der Waals surface area contributed by atoms with Gasteiger partial charge in [-0.3, -0.25) is 13.9 Å². The number of hydrogen-bond donors (Lipinski definition) is 1. The highest BCUT2D eigenvalue weighted by molar-refractivity contribution is 7.92. The maximum absolute atomic E-state index is 14.6. The van der Waals surface area contributed by atoms with Crippen molar-refractivity contribution in [2.75, 3.05) is 17.4 Å². The van der Waals surface area contributed by atoms with Gasteiger partial charge in [-0.25, -0.2) is 12.8 Å². The topological polar surface area (TPSA) is 86.8 Å². The van der Waals surface area contributed by atoms with E-state index in [0.717, 1.165) is 29.0 Å². The predicted octanol–water partition coefficient (Wildman–Crippen LogP) is 6.34. The minimum atomic E-state index is -4.92. The number of sulfonamides is 1. The van der Waals surface area contributed by atoms with Gasteiger partial charge in [0, 0.05) is 18.7 Å². The van der Waals surface area contributed by atoms with E-state index in [4.69, 9.17) is 11.6 Å². The first-order valence-corrected chi connectivity index (χ1v) is 15.2. The van der Waals surface area contributed by atoms with Gasteiger partial charge in [0.25, 0.3) is 10.0 Å². The number of anilines is 1. The molecule has 0 aromatic heterocycles. The quantitative estimate of drug-likeness (QED) is 0.185. The zero-order chi connectivity index (χ0) is 31.9. The third kappa shape index (κ3) is 8.47. The van der Waals surface area contributed by atoms with Crippen LogP contribution in [0.4, 0.5) is 23.2 Å². The van der Waals surface area contributed by atoms with E-state index in [2.05, 4.69) is 5.32 Å². The second-order valence-corrected chi connectivity index (χ2v) is 12.2. The molecule has 1 N–H and O–H groups in total. The van der Waals surface area contributed by atoms with Crippen molar-refractivity contribution in [1.82, 2.24) is 10.2 Å². The van der Waals surface area contributed by atoms with E-state index in [1.807, 2.05) is 6.92 Å². The molecule has 0 unspecified atom stereocenters. The monoisotopic (exact) mass is 641 g/mol. The van der Waals surface area contributed by atoms with Crippen LogP contribution >= 0.6 is 11.6 Å². The summed E-state index contributed by atoms with van der Waals surface area (Å²) in [5, 5.41) is 2.04. The standard InChI is InChI=1S/C30H32ClF4N3O4S/c1-4-5-16-36-29(40)21(3)37(18-22-8-6-7-9-27(22)32)28(39)19-38(43(41,42)24-13-10-20(2)11-14-24)23-12-15-26(31)25(17-23)30(33,34)35/h6-15,17,21H,4-5,16,18-19H2,1-3H3,(H,36,40)/t21-/m1/s1. The van der Waals surface area contributed by atoms with Crippen molar-refractivity contribution in [2.24, 2.45) is 0 Å². The van der Waals surface area contributed by atoms with E-state index in [-0.39, 0.29) is 10.5 Å². The number of rotatable bonds is 12. The van der Waals surface area contributed by atoms with E-state index in [1.165, 1.54) is 55.5 Å². The zero-order valence-corrected chi connectivity index (χ0v) is 25.4. The Labute approximate surface area is 253 Å². The third-order valence-corrected chi connectivity index (χ3v) is 8.84. The average Bonchev–Trinajstić information content (AvgIpc) is 2.95. The number of hydrogen-bond acceptors (Lipinski definition) is 4. The molecule has 0 aliphatic heterocycles. The van der Waals surface area contributed by atoms with Crippen LogP contribution in [0.1, 0.15) is 43.4 Å². The number of unbranched alkanes of at least 4 members (excludes halogenated alkanes) is 1. The van der Waals surface area contributed by atoms with Crippen LogP contribution in [-0.2, 0) is 32.3 Å². The van der Waals surface area contributed by atoms with Crippen LogP contribution < -0.4 is 9.62 Å². The number of alkyl halides is 3. The van der Waals surface area contributed by atoms with Crippen molar-refractivity contribution in [1.29, 1.82) is 0 Å². The van der Waals surface area contributed by atoms with Crippen molar-refractivity contribution >= 4 is 39.1 Å². The van der Waals surface area contributed by atoms with Gasteiger partial charge in [0.2, 0.25) is 11.8 Å². The van der Waals surface area contributed by atoms with Crippen molar-refractivity contribution in [2.45, 2.75) is 57.3 Å². The molecule has 0 saturated carbocycles. The molecule has 0 aliphatic carbocycles. The molecule has 43 heavy (non-hydrogen) atoms. The summed E-state index contributed by atoms with van der Waals surface area (Å²) in [6.45, 7) is 3.98. The number of nitrogens with one attached hydrogen (secondary N) is 1. The lowest BCUT2D eigenvalue weighted by atomic mass is 10.1. The van der Waals surface area contributed by atoms with Crippen LogP contribution in [0.2, 0.25) is 5.02 Å². The molecule has 0 spiro atoms. The van der Waals surface area contributed by atoms with Crippen LogP contribution in [0.15, 0.2) is 71.6 Å². The average molecular weight is 642 g/mol. The van der Waals surface area contributed by atoms with Gasteiger partial charge in [0.1, 0.15) is 18.4 Å². The van der Waals surface area contributed by atoms with Crippen LogP contribution in [-0.4, -0.2) is 44.3 Å². The molecule has 3 aromatic carbocycles. The maximum atomic E-state index is 14.6. The van der Waals surface area contributed by atoms with Gasteiger partial charge < -0.3 is 10.2 Å². The van der Waals surface area contributed by atoms with Crippen LogP contribution in [0, 0.1) is 12.7 Å². The molecule has 2 amide bonds. The van der Waals surface area contributed by atoms with Gasteiger partial charge >= 0.3 is 6.18 Å². The van der Waals surface area contributed by atoms with Gasteiger partial charge in [0.05, 0.1) is 21.2 Å². The van der Waals surface area contributed by atoms with E-state index < -0.39 is 69.2 Å². The highest BCUT2D eigenvalue weighted by atomic mass is 35.5. The minimum absolute atomic E-state index is 0.0582. The molecule has 13 heteroatoms. The molecule has 7 nitrogen and oxygen atoms in total. The number of aryl methyl sites for hydroxylation is 1. The van der Waals surface area contributed by atoms with Crippen LogP contribution in [0.25, 0.3) is 0 Å². The smallest absolute Gasteiger partial charge is 0.354 e. The van der Waals surface area contributed by atoms with E-state index in [1.54, 1.807) is 6.92 Å². The molecule has 0 aliphatic rings. The molecule has 0 bridgehead atoms. The maximum Gasteiger partial charge on any atom is 0.417 e.